The molecule has 1 aromatic rings. The monoisotopic (exact) mass is 721 g/mol. The number of hydrogen-bond acceptors (Lipinski definition) is 8. The lowest BCUT2D eigenvalue weighted by atomic mass is 9.84. The fourth-order valence-corrected chi connectivity index (χ4v) is 7.93. The number of oxime groups is 1. The zero-order valence-corrected chi connectivity index (χ0v) is 32.2. The molecule has 2 saturated carbocycles. The molecule has 0 unspecified atom stereocenters. The molecule has 3 fully saturated rings. The molecular weight excluding hydrogens is 662 g/mol. The van der Waals surface area contributed by atoms with Gasteiger partial charge in [0.1, 0.15) is 17.8 Å². The van der Waals surface area contributed by atoms with Crippen LogP contribution in [0, 0.1) is 25.2 Å². The zero-order chi connectivity index (χ0) is 37.8. The minimum absolute atomic E-state index is 0.00320. The van der Waals surface area contributed by atoms with Gasteiger partial charge in [0.15, 0.2) is 5.60 Å². The molecule has 0 bridgehead atoms. The highest BCUT2D eigenvalue weighted by atomic mass is 16.7. The molecule has 286 valence electrons. The molecule has 5 rings (SSSR count). The van der Waals surface area contributed by atoms with Gasteiger partial charge >= 0.3 is 0 Å². The maximum absolute atomic E-state index is 14.7. The molecular formula is C40H59N5O7. The topological polar surface area (TPSA) is 156 Å². The first kappa shape index (κ1) is 39.3. The van der Waals surface area contributed by atoms with Gasteiger partial charge in [-0.15, -0.1) is 0 Å². The van der Waals surface area contributed by atoms with Gasteiger partial charge in [0, 0.05) is 30.9 Å². The van der Waals surface area contributed by atoms with Crippen molar-refractivity contribution >= 4 is 35.1 Å². The van der Waals surface area contributed by atoms with E-state index in [4.69, 9.17) is 9.57 Å². The molecule has 1 spiro atoms. The summed E-state index contributed by atoms with van der Waals surface area (Å²) in [5.41, 5.74) is 1.83. The number of rotatable bonds is 14. The molecule has 1 saturated heterocycles. The number of amides is 4. The predicted octanol–water partition coefficient (Wildman–Crippen LogP) is 4.80. The van der Waals surface area contributed by atoms with E-state index in [2.05, 4.69) is 21.1 Å². The van der Waals surface area contributed by atoms with Crippen molar-refractivity contribution in [1.29, 1.82) is 0 Å². The van der Waals surface area contributed by atoms with E-state index in [9.17, 15) is 24.0 Å². The molecule has 12 nitrogen and oxygen atoms in total. The van der Waals surface area contributed by atoms with E-state index in [1.807, 2.05) is 60.6 Å². The first-order valence-electron chi connectivity index (χ1n) is 19.4. The summed E-state index contributed by atoms with van der Waals surface area (Å²) in [5, 5.41) is 13.1. The number of likely N-dealkylation sites (tertiary alicyclic amines) is 1. The summed E-state index contributed by atoms with van der Waals surface area (Å²) in [4.78, 5) is 76.1. The van der Waals surface area contributed by atoms with E-state index < -0.39 is 52.6 Å². The summed E-state index contributed by atoms with van der Waals surface area (Å²) >= 11 is 0. The molecule has 2 heterocycles. The Balaban J connectivity index is 1.40. The Kier molecular flexibility index (Phi) is 12.4. The summed E-state index contributed by atoms with van der Waals surface area (Å²) in [6, 6.07) is 1.04. The minimum Gasteiger partial charge on any atom is -0.493 e. The molecule has 4 atom stereocenters. The van der Waals surface area contributed by atoms with E-state index in [1.165, 1.54) is 11.3 Å². The summed E-state index contributed by atoms with van der Waals surface area (Å²) in [6.07, 6.45) is 8.73. The van der Waals surface area contributed by atoms with Gasteiger partial charge in [0.2, 0.25) is 23.5 Å². The van der Waals surface area contributed by atoms with E-state index in [0.29, 0.717) is 37.5 Å². The Labute approximate surface area is 308 Å². The molecule has 2 aliphatic carbocycles. The summed E-state index contributed by atoms with van der Waals surface area (Å²) in [6.45, 7) is 14.1. The van der Waals surface area contributed by atoms with Crippen LogP contribution in [0.2, 0.25) is 0 Å². The van der Waals surface area contributed by atoms with Crippen molar-refractivity contribution in [3.05, 3.63) is 28.8 Å². The average Bonchev–Trinajstić information content (AvgIpc) is 3.68. The molecule has 52 heavy (non-hydrogen) atoms. The van der Waals surface area contributed by atoms with Crippen LogP contribution in [0.5, 0.6) is 5.75 Å². The number of ether oxygens (including phenoxy) is 1. The Morgan fingerprint density at radius 1 is 1.00 bits per heavy atom. The van der Waals surface area contributed by atoms with Gasteiger partial charge in [-0.2, -0.15) is 0 Å². The highest BCUT2D eigenvalue weighted by Gasteiger charge is 2.55. The van der Waals surface area contributed by atoms with Crippen LogP contribution in [0.3, 0.4) is 0 Å². The lowest BCUT2D eigenvalue weighted by molar-refractivity contribution is -0.145. The van der Waals surface area contributed by atoms with Gasteiger partial charge in [-0.05, 0) is 87.5 Å². The average molecular weight is 722 g/mol. The van der Waals surface area contributed by atoms with Crippen LogP contribution in [-0.4, -0.2) is 82.9 Å². The highest BCUT2D eigenvalue weighted by molar-refractivity contribution is 6.38. The largest absolute Gasteiger partial charge is 0.493 e. The van der Waals surface area contributed by atoms with Crippen molar-refractivity contribution in [3.8, 4) is 5.75 Å². The standard InChI is InChI=1S/C40H59N5O7/c1-8-13-29(33(47)37(49)41-28-16-17-28)42-36(48)31-22-40(21-30(44-52-40)27-18-24(3)34(51-9-2)25(4)19-27)23-45(31)38(50)35(39(5,6)7)43-32(46)20-26-14-11-10-12-15-26/h18-19,26,28-29,31,35H,8-17,20-23H2,1-7H3,(H,41,49)(H,42,48)(H,43,46)/t29-,31-,35+,40+/m0/s1. The van der Waals surface area contributed by atoms with Crippen molar-refractivity contribution in [2.75, 3.05) is 13.2 Å². The van der Waals surface area contributed by atoms with E-state index in [1.54, 1.807) is 0 Å². The maximum atomic E-state index is 14.7. The van der Waals surface area contributed by atoms with Gasteiger partial charge < -0.3 is 30.4 Å². The van der Waals surface area contributed by atoms with Crippen LogP contribution >= 0.6 is 0 Å². The smallest absolute Gasteiger partial charge is 0.289 e. The van der Waals surface area contributed by atoms with Gasteiger partial charge in [-0.1, -0.05) is 58.5 Å². The maximum Gasteiger partial charge on any atom is 0.289 e. The fraction of sp³-hybridized carbons (Fsp3) is 0.700. The number of nitrogens with zero attached hydrogens (tertiary/aromatic N) is 2. The number of carbonyl (C=O) groups excluding carboxylic acids is 5. The summed E-state index contributed by atoms with van der Waals surface area (Å²) in [5.74, 6) is -1.38. The van der Waals surface area contributed by atoms with Crippen LogP contribution in [0.4, 0.5) is 0 Å². The number of aryl methyl sites for hydroxylation is 2. The Morgan fingerprint density at radius 3 is 2.27 bits per heavy atom. The Morgan fingerprint density at radius 2 is 1.67 bits per heavy atom. The summed E-state index contributed by atoms with van der Waals surface area (Å²) in [7, 11) is 0. The second-order valence-electron chi connectivity index (χ2n) is 16.6. The number of ketones is 1. The number of carbonyl (C=O) groups is 5. The fourth-order valence-electron chi connectivity index (χ4n) is 7.93. The van der Waals surface area contributed by atoms with Crippen LogP contribution in [0.25, 0.3) is 0 Å². The zero-order valence-electron chi connectivity index (χ0n) is 32.2. The third kappa shape index (κ3) is 9.33. The number of benzene rings is 1. The van der Waals surface area contributed by atoms with Crippen molar-refractivity contribution in [1.82, 2.24) is 20.9 Å². The van der Waals surface area contributed by atoms with Crippen molar-refractivity contribution in [2.24, 2.45) is 16.5 Å². The molecule has 4 aliphatic rings. The SMILES string of the molecule is CCC[C@H](NC(=O)[C@@H]1C[C@]2(CC(c3cc(C)c(OCC)c(C)c3)=NO2)CN1C(=O)[C@@H](NC(=O)CC1CCCCC1)C(C)(C)C)C(=O)C(=O)NC1CC1. The Bertz CT molecular complexity index is 1530. The predicted molar refractivity (Wildman–Crippen MR) is 198 cm³/mol. The van der Waals surface area contributed by atoms with E-state index in [-0.39, 0.29) is 31.3 Å². The van der Waals surface area contributed by atoms with Crippen LogP contribution in [0.15, 0.2) is 17.3 Å². The molecule has 12 heteroatoms. The second kappa shape index (κ2) is 16.4. The number of hydrogen-bond donors (Lipinski definition) is 3. The molecule has 0 aromatic heterocycles. The third-order valence-corrected chi connectivity index (χ3v) is 10.9. The quantitative estimate of drug-likeness (QED) is 0.233. The molecule has 4 amide bonds. The normalized spacial score (nSPS) is 23.0. The molecule has 3 N–H and O–H groups in total. The Hall–Kier alpha value is -3.96. The first-order valence-corrected chi connectivity index (χ1v) is 19.4. The van der Waals surface area contributed by atoms with Gasteiger partial charge in [0.05, 0.1) is 24.9 Å². The van der Waals surface area contributed by atoms with Crippen molar-refractivity contribution in [3.63, 3.8) is 0 Å². The van der Waals surface area contributed by atoms with Crippen LogP contribution in [-0.2, 0) is 28.8 Å². The minimum atomic E-state index is -1.04. The van der Waals surface area contributed by atoms with Crippen molar-refractivity contribution in [2.45, 2.75) is 155 Å². The molecule has 1 aromatic carbocycles. The van der Waals surface area contributed by atoms with Crippen molar-refractivity contribution < 1.29 is 33.5 Å². The molecule has 2 aliphatic heterocycles. The van der Waals surface area contributed by atoms with E-state index >= 15 is 0 Å². The van der Waals surface area contributed by atoms with E-state index in [0.717, 1.165) is 61.0 Å². The van der Waals surface area contributed by atoms with Gasteiger partial charge in [-0.3, -0.25) is 24.0 Å². The highest BCUT2D eigenvalue weighted by Crippen LogP contribution is 2.41. The first-order chi connectivity index (χ1) is 24.6. The van der Waals surface area contributed by atoms with Crippen LogP contribution in [0.1, 0.15) is 128 Å². The van der Waals surface area contributed by atoms with Crippen LogP contribution < -0.4 is 20.7 Å². The molecule has 0 radical (unpaired) electrons. The van der Waals surface area contributed by atoms with Gasteiger partial charge in [0.25, 0.3) is 5.91 Å². The lowest BCUT2D eigenvalue weighted by Gasteiger charge is -2.36. The summed E-state index contributed by atoms with van der Waals surface area (Å²) < 4.78 is 5.84. The number of Topliss-reactive ketones (excluding diaryl/α,β-unsaturated/α-hetero) is 1. The second-order valence-corrected chi connectivity index (χ2v) is 16.6. The number of nitrogens with one attached hydrogen (secondary N) is 3. The lowest BCUT2D eigenvalue weighted by Crippen LogP contribution is -2.59. The van der Waals surface area contributed by atoms with Gasteiger partial charge in [-0.25, -0.2) is 0 Å². The third-order valence-electron chi connectivity index (χ3n) is 10.9.